The summed E-state index contributed by atoms with van der Waals surface area (Å²) < 4.78 is 28.4. The van der Waals surface area contributed by atoms with Gasteiger partial charge >= 0.3 is 0 Å². The van der Waals surface area contributed by atoms with Crippen LogP contribution < -0.4 is 53.2 Å². The second-order valence-corrected chi connectivity index (χ2v) is 29.5. The van der Waals surface area contributed by atoms with E-state index in [1.165, 1.54) is 80.2 Å². The molecule has 30 nitrogen and oxygen atoms in total. The molecule has 0 unspecified atom stereocenters. The highest BCUT2D eigenvalue weighted by Crippen LogP contribution is 2.71. The number of aliphatic hydroxyl groups excluding tert-OH is 1. The average Bonchev–Trinajstić information content (AvgIpc) is 1.25. The Morgan fingerprint density at radius 3 is 1.49 bits per heavy atom. The van der Waals surface area contributed by atoms with Crippen molar-refractivity contribution in [1.29, 1.82) is 0 Å². The lowest BCUT2D eigenvalue weighted by atomic mass is 9.44. The van der Waals surface area contributed by atoms with Crippen LogP contribution in [-0.4, -0.2) is 166 Å². The quantitative estimate of drug-likeness (QED) is 0.0228. The van der Waals surface area contributed by atoms with Crippen LogP contribution in [0.15, 0.2) is 110 Å². The van der Waals surface area contributed by atoms with Gasteiger partial charge < -0.3 is 95.4 Å². The van der Waals surface area contributed by atoms with Gasteiger partial charge in [0.25, 0.3) is 41.4 Å². The molecule has 12 N–H and O–H groups in total. The molecular weight excluding hydrogens is 1390 g/mol. The zero-order valence-corrected chi connectivity index (χ0v) is 61.5. The highest BCUT2D eigenvalue weighted by atomic mass is 32.2. The molecule has 8 amide bonds. The van der Waals surface area contributed by atoms with Gasteiger partial charge in [0.05, 0.1) is 46.0 Å². The van der Waals surface area contributed by atoms with Crippen molar-refractivity contribution in [3.8, 4) is 0 Å². The number of aliphatic hydroxyl groups is 2. The third-order valence-corrected chi connectivity index (χ3v) is 22.2. The van der Waals surface area contributed by atoms with Crippen molar-refractivity contribution in [3.63, 3.8) is 0 Å². The molecule has 33 heteroatoms. The number of alkyl halides is 1. The minimum absolute atomic E-state index is 0.00745. The van der Waals surface area contributed by atoms with E-state index in [9.17, 15) is 58.2 Å². The molecule has 0 saturated heterocycles. The number of aryl methyl sites for hydroxylation is 7. The Bertz CT molecular complexity index is 4720. The first-order valence-corrected chi connectivity index (χ1v) is 35.8. The number of nitrogens with one attached hydrogen (secondary N) is 10. The standard InChI is InChI=1S/C72H87FN18O12S2/c1-40-24-50-49-14-13-41-25-48(92)15-16-69(41,2)71(49,73)57(93)32-70(50,3)72(40,103)58(94)39-105-23-21-78-68(104)77-19-18-76-62(97)52-28-44(35-87(52)6)81-64(99)54-30-46(37-89(54)8)83-65(100)55-29-45(36-90(55)9)82-63(98)53-26-42(33-88(53)7)79-59(95)12-11-17-75-61(96)51-27-43(34-86(51)5)80-66(101)56-31-47(38-91(56)10)84-67(102)60-74-20-22-85(60)4/h15-16,20,22,25-31,33-38,40,49-50,57,93,103H,11-14,17-19,21,23-24,32,39H2,1-10H3,(H,75,96)(H,76,97)(H,79,95)(H,80,101)(H,81,99)(H,82,98)(H,83,100)(H,84,102)(H2,77,78,104)/t40-,49+,50+,57+,69+,70+,71+,72+/m1/s1. The number of hydrogen-bond donors (Lipinski definition) is 12. The van der Waals surface area contributed by atoms with E-state index in [-0.39, 0.29) is 108 Å². The molecule has 4 aliphatic carbocycles. The first kappa shape index (κ1) is 75.5. The van der Waals surface area contributed by atoms with E-state index in [0.717, 1.165) is 0 Å². The van der Waals surface area contributed by atoms with Crippen molar-refractivity contribution in [2.45, 2.75) is 76.7 Å². The van der Waals surface area contributed by atoms with Crippen LogP contribution >= 0.6 is 24.0 Å². The number of carbonyl (C=O) groups excluding carboxylic acids is 10. The molecule has 0 aliphatic heterocycles. The van der Waals surface area contributed by atoms with Gasteiger partial charge in [-0.2, -0.15) is 11.8 Å². The molecule has 0 aromatic carbocycles. The second kappa shape index (κ2) is 30.2. The number of fused-ring (bicyclic) bond motifs is 5. The van der Waals surface area contributed by atoms with E-state index in [4.69, 9.17) is 12.2 Å². The lowest BCUT2D eigenvalue weighted by molar-refractivity contribution is -0.218. The molecule has 3 saturated carbocycles. The molecule has 7 aromatic heterocycles. The molecule has 556 valence electrons. The maximum atomic E-state index is 17.6. The highest BCUT2D eigenvalue weighted by Gasteiger charge is 2.75. The zero-order chi connectivity index (χ0) is 75.8. The molecule has 8 atom stereocenters. The summed E-state index contributed by atoms with van der Waals surface area (Å²) in [4.78, 5) is 136. The Morgan fingerprint density at radius 2 is 1.02 bits per heavy atom. The second-order valence-electron chi connectivity index (χ2n) is 28.0. The van der Waals surface area contributed by atoms with Gasteiger partial charge in [-0.05, 0) is 112 Å². The zero-order valence-electron chi connectivity index (χ0n) is 59.9. The number of aromatic nitrogens is 8. The van der Waals surface area contributed by atoms with E-state index in [1.54, 1.807) is 124 Å². The van der Waals surface area contributed by atoms with Crippen LogP contribution in [0.25, 0.3) is 0 Å². The van der Waals surface area contributed by atoms with Gasteiger partial charge in [0.1, 0.15) is 39.8 Å². The van der Waals surface area contributed by atoms with Gasteiger partial charge in [0.2, 0.25) is 5.91 Å². The van der Waals surface area contributed by atoms with Crippen molar-refractivity contribution >= 4 is 122 Å². The summed E-state index contributed by atoms with van der Waals surface area (Å²) in [5.74, 6) is -5.01. The van der Waals surface area contributed by atoms with E-state index < -0.39 is 81.4 Å². The van der Waals surface area contributed by atoms with Crippen molar-refractivity contribution in [2.75, 3.05) is 69.6 Å². The number of ketones is 2. The van der Waals surface area contributed by atoms with Crippen LogP contribution in [0.2, 0.25) is 0 Å². The van der Waals surface area contributed by atoms with Crippen molar-refractivity contribution in [2.24, 2.45) is 77.9 Å². The number of allylic oxidation sites excluding steroid dienone is 4. The predicted octanol–water partition coefficient (Wildman–Crippen LogP) is 5.71. The van der Waals surface area contributed by atoms with Crippen LogP contribution in [0.1, 0.15) is 133 Å². The Labute approximate surface area is 613 Å². The molecule has 0 radical (unpaired) electrons. The Hall–Kier alpha value is -10.6. The van der Waals surface area contributed by atoms with Crippen LogP contribution in [0.3, 0.4) is 0 Å². The molecule has 3 fully saturated rings. The number of thioether (sulfide) groups is 1. The lowest BCUT2D eigenvalue weighted by Crippen LogP contribution is -2.69. The third kappa shape index (κ3) is 15.1. The minimum Gasteiger partial charge on any atom is -0.390 e. The topological polar surface area (TPSA) is 379 Å². The highest BCUT2D eigenvalue weighted by molar-refractivity contribution is 8.00. The van der Waals surface area contributed by atoms with Crippen LogP contribution in [0.4, 0.5) is 38.5 Å². The summed E-state index contributed by atoms with van der Waals surface area (Å²) in [6, 6.07) is 9.03. The molecule has 7 heterocycles. The van der Waals surface area contributed by atoms with E-state index in [0.29, 0.717) is 76.4 Å². The van der Waals surface area contributed by atoms with Gasteiger partial charge in [-0.3, -0.25) is 47.9 Å². The number of halogens is 1. The maximum absolute atomic E-state index is 17.6. The van der Waals surface area contributed by atoms with E-state index >= 15 is 4.39 Å². The van der Waals surface area contributed by atoms with Crippen molar-refractivity contribution in [3.05, 3.63) is 150 Å². The predicted molar refractivity (Wildman–Crippen MR) is 397 cm³/mol. The smallest absolute Gasteiger partial charge is 0.291 e. The van der Waals surface area contributed by atoms with Gasteiger partial charge in [-0.25, -0.2) is 9.37 Å². The molecular formula is C72H87FN18O12S2. The molecule has 4 aliphatic rings. The van der Waals surface area contributed by atoms with Gasteiger partial charge in [0, 0.05) is 154 Å². The first-order valence-electron chi connectivity index (χ1n) is 34.3. The normalized spacial score (nSPS) is 22.1. The number of imidazole rings is 1. The van der Waals surface area contributed by atoms with Gasteiger partial charge in [-0.15, -0.1) is 0 Å². The number of nitrogens with zero attached hydrogens (tertiary/aromatic N) is 8. The van der Waals surface area contributed by atoms with Crippen molar-refractivity contribution < 1.29 is 62.5 Å². The number of thiocarbonyl (C=S) groups is 1. The SMILES string of the molecule is C[C@@H]1C[C@H]2[C@@H]3CCC4=CC(=O)C=C[C@]4(C)[C@@]3(F)[C@@H](O)C[C@]2(C)[C@@]1(O)C(=O)CSCCNC(=S)NCCNC(=O)c1cc(NC(=O)c2cc(NC(=O)c3cc(NC(=O)c4cc(NC(=O)CCCNC(=O)c5cc(NC(=O)c6cc(NC(=O)c7nccn7C)cn6C)cn5C)cn4C)cn3C)cn2C)cn1C. The monoisotopic (exact) mass is 1480 g/mol. The molecule has 0 bridgehead atoms. The van der Waals surface area contributed by atoms with Crippen LogP contribution in [0.5, 0.6) is 0 Å². The van der Waals surface area contributed by atoms with Crippen molar-refractivity contribution in [1.82, 2.24) is 58.2 Å². The Morgan fingerprint density at radius 1 is 0.590 bits per heavy atom. The Balaban J connectivity index is 0.567. The molecule has 7 aromatic rings. The molecule has 11 rings (SSSR count). The number of anilines is 6. The summed E-state index contributed by atoms with van der Waals surface area (Å²) in [6.45, 7) is 6.41. The fourth-order valence-electron chi connectivity index (χ4n) is 15.6. The number of amides is 8. The summed E-state index contributed by atoms with van der Waals surface area (Å²) in [6.07, 6.45) is 17.1. The number of rotatable bonds is 26. The summed E-state index contributed by atoms with van der Waals surface area (Å²) in [7, 11) is 11.5. The average molecular weight is 1480 g/mol. The van der Waals surface area contributed by atoms with Gasteiger partial charge in [-0.1, -0.05) is 25.5 Å². The van der Waals surface area contributed by atoms with Crippen LogP contribution in [-0.2, 0) is 63.7 Å². The van der Waals surface area contributed by atoms with E-state index in [1.807, 2.05) is 13.8 Å². The number of hydrogen-bond acceptors (Lipinski definition) is 15. The van der Waals surface area contributed by atoms with E-state index in [2.05, 4.69) is 58.2 Å². The summed E-state index contributed by atoms with van der Waals surface area (Å²) in [5, 5.41) is 52.8. The fourth-order valence-corrected chi connectivity index (χ4v) is 16.6. The van der Waals surface area contributed by atoms with Crippen LogP contribution in [0, 0.1) is 28.6 Å². The largest absolute Gasteiger partial charge is 0.390 e. The molecule has 0 spiro atoms. The summed E-state index contributed by atoms with van der Waals surface area (Å²) >= 11 is 6.79. The maximum Gasteiger partial charge on any atom is 0.291 e. The lowest BCUT2D eigenvalue weighted by Gasteiger charge is -2.62. The fraction of sp³-hybridized carbons (Fsp3) is 0.417. The number of carbonyl (C=O) groups is 10. The summed E-state index contributed by atoms with van der Waals surface area (Å²) in [5.41, 5.74) is -2.01. The minimum atomic E-state index is -2.06. The number of Topliss-reactive ketones (excluding diaryl/α,β-unsaturated/α-hetero) is 1. The first-order chi connectivity index (χ1) is 49.7. The Kier molecular flexibility index (Phi) is 21.7. The third-order valence-electron chi connectivity index (χ3n) is 21.0. The van der Waals surface area contributed by atoms with Gasteiger partial charge in [0.15, 0.2) is 28.2 Å². The molecule has 105 heavy (non-hydrogen) atoms.